The van der Waals surface area contributed by atoms with Crippen molar-refractivity contribution >= 4 is 37.8 Å². The quantitative estimate of drug-likeness (QED) is 0.153. The average molecular weight is 514 g/mol. The summed E-state index contributed by atoms with van der Waals surface area (Å²) < 4.78 is 6.22. The summed E-state index contributed by atoms with van der Waals surface area (Å²) in [6.07, 6.45) is 4.45. The van der Waals surface area contributed by atoms with E-state index in [2.05, 4.69) is 118 Å². The average Bonchev–Trinajstić information content (AvgIpc) is 3.36. The molecule has 0 radical (unpaired) electrons. The van der Waals surface area contributed by atoms with Crippen molar-refractivity contribution in [2.45, 2.75) is 57.9 Å². The second kappa shape index (κ2) is 12.2. The van der Waals surface area contributed by atoms with Gasteiger partial charge in [0.05, 0.1) is 14.1 Å². The number of allylic oxidation sites excluding steroid dienone is 1. The van der Waals surface area contributed by atoms with Crippen molar-refractivity contribution in [3.63, 3.8) is 0 Å². The summed E-state index contributed by atoms with van der Waals surface area (Å²) in [5.41, 5.74) is 2.57. The number of aryl methyl sites for hydroxylation is 1. The fraction of sp³-hybridized carbons (Fsp3) is 0.344. The minimum Gasteiger partial charge on any atom is -0.475 e. The lowest BCUT2D eigenvalue weighted by atomic mass is 10.1. The Morgan fingerprint density at radius 1 is 1.00 bits per heavy atom. The molecule has 0 aliphatic carbocycles. The Kier molecular flexibility index (Phi) is 8.98. The van der Waals surface area contributed by atoms with Gasteiger partial charge in [-0.15, -0.1) is 6.58 Å². The Morgan fingerprint density at radius 2 is 1.64 bits per heavy atom. The van der Waals surface area contributed by atoms with Crippen LogP contribution < -0.4 is 15.9 Å². The summed E-state index contributed by atoms with van der Waals surface area (Å²) >= 11 is 0. The first-order chi connectivity index (χ1) is 17.4. The third-order valence-electron chi connectivity index (χ3n) is 7.02. The maximum Gasteiger partial charge on any atom is 0.217 e. The molecule has 0 spiro atoms. The van der Waals surface area contributed by atoms with Crippen LogP contribution in [-0.4, -0.2) is 26.6 Å². The van der Waals surface area contributed by atoms with Gasteiger partial charge in [0.2, 0.25) is 5.90 Å². The molecule has 0 N–H and O–H groups in total. The summed E-state index contributed by atoms with van der Waals surface area (Å²) in [7, 11) is -1.94. The summed E-state index contributed by atoms with van der Waals surface area (Å²) in [5.74, 6) is 1.28. The van der Waals surface area contributed by atoms with Crippen LogP contribution in [0.3, 0.4) is 0 Å². The molecule has 188 valence electrons. The Hall–Kier alpha value is -2.48. The molecule has 0 unspecified atom stereocenters. The molecule has 2 nitrogen and oxygen atoms in total. The maximum atomic E-state index is 6.22. The van der Waals surface area contributed by atoms with Crippen molar-refractivity contribution in [2.75, 3.05) is 6.61 Å². The van der Waals surface area contributed by atoms with E-state index in [0.717, 1.165) is 17.9 Å². The molecule has 0 amide bonds. The SMILES string of the molecule is C=CC[Si](C)(C)CCCc1ccc(C2=N[C@@H](C(C)C)CO2)c(P(c2ccccc2)c2ccccc2)c1. The van der Waals surface area contributed by atoms with E-state index in [4.69, 9.17) is 9.73 Å². The number of hydrogen-bond acceptors (Lipinski definition) is 2. The van der Waals surface area contributed by atoms with Gasteiger partial charge in [-0.2, -0.15) is 0 Å². The fourth-order valence-corrected chi connectivity index (χ4v) is 9.44. The molecule has 4 heteroatoms. The molecule has 3 aromatic carbocycles. The molecule has 1 heterocycles. The highest BCUT2D eigenvalue weighted by atomic mass is 31.1. The van der Waals surface area contributed by atoms with Crippen molar-refractivity contribution in [3.8, 4) is 0 Å². The van der Waals surface area contributed by atoms with Crippen LogP contribution in [-0.2, 0) is 11.2 Å². The van der Waals surface area contributed by atoms with E-state index in [1.165, 1.54) is 40.0 Å². The van der Waals surface area contributed by atoms with E-state index in [1.54, 1.807) is 0 Å². The molecule has 1 atom stereocenters. The molecule has 4 rings (SSSR count). The Morgan fingerprint density at radius 3 is 2.19 bits per heavy atom. The molecular weight excluding hydrogens is 473 g/mol. The number of hydrogen-bond donors (Lipinski definition) is 0. The van der Waals surface area contributed by atoms with Crippen LogP contribution in [0.2, 0.25) is 25.2 Å². The number of ether oxygens (including phenoxy) is 1. The summed E-state index contributed by atoms with van der Waals surface area (Å²) in [6, 6.07) is 31.7. The lowest BCUT2D eigenvalue weighted by Gasteiger charge is -2.23. The zero-order valence-electron chi connectivity index (χ0n) is 22.3. The first kappa shape index (κ1) is 26.6. The highest BCUT2D eigenvalue weighted by Gasteiger charge is 2.28. The van der Waals surface area contributed by atoms with Crippen LogP contribution in [0, 0.1) is 5.92 Å². The zero-order valence-corrected chi connectivity index (χ0v) is 24.2. The van der Waals surface area contributed by atoms with Gasteiger partial charge in [-0.25, -0.2) is 4.99 Å². The highest BCUT2D eigenvalue weighted by molar-refractivity contribution is 7.80. The molecule has 0 saturated heterocycles. The van der Waals surface area contributed by atoms with Crippen LogP contribution in [0.25, 0.3) is 0 Å². The molecule has 1 aliphatic heterocycles. The largest absolute Gasteiger partial charge is 0.475 e. The zero-order chi connectivity index (χ0) is 25.5. The van der Waals surface area contributed by atoms with Crippen LogP contribution in [0.1, 0.15) is 31.4 Å². The lowest BCUT2D eigenvalue weighted by molar-refractivity contribution is 0.292. The summed E-state index contributed by atoms with van der Waals surface area (Å²) in [5, 5.41) is 4.07. The second-order valence-corrected chi connectivity index (χ2v) is 18.3. The number of aliphatic imine (C=N–C) groups is 1. The Balaban J connectivity index is 1.76. The van der Waals surface area contributed by atoms with E-state index in [0.29, 0.717) is 12.5 Å². The van der Waals surface area contributed by atoms with Crippen LogP contribution >= 0.6 is 7.92 Å². The predicted molar refractivity (Wildman–Crippen MR) is 162 cm³/mol. The first-order valence-electron chi connectivity index (χ1n) is 13.2. The van der Waals surface area contributed by atoms with Gasteiger partial charge in [0.1, 0.15) is 6.61 Å². The van der Waals surface area contributed by atoms with E-state index in [9.17, 15) is 0 Å². The summed E-state index contributed by atoms with van der Waals surface area (Å²) in [6.45, 7) is 14.1. The molecule has 0 aromatic heterocycles. The summed E-state index contributed by atoms with van der Waals surface area (Å²) in [4.78, 5) is 5.03. The van der Waals surface area contributed by atoms with Gasteiger partial charge in [-0.1, -0.05) is 112 Å². The van der Waals surface area contributed by atoms with E-state index in [-0.39, 0.29) is 6.04 Å². The maximum absolute atomic E-state index is 6.22. The lowest BCUT2D eigenvalue weighted by Crippen LogP contribution is -2.26. The minimum atomic E-state index is -1.20. The number of benzene rings is 3. The topological polar surface area (TPSA) is 21.6 Å². The molecule has 0 bridgehead atoms. The third-order valence-corrected chi connectivity index (χ3v) is 12.6. The highest BCUT2D eigenvalue weighted by Crippen LogP contribution is 2.35. The van der Waals surface area contributed by atoms with Crippen LogP contribution in [0.4, 0.5) is 0 Å². The molecule has 1 aliphatic rings. The Bertz CT molecular complexity index is 1130. The van der Waals surface area contributed by atoms with E-state index >= 15 is 0 Å². The van der Waals surface area contributed by atoms with Gasteiger partial charge in [0.25, 0.3) is 0 Å². The fourth-order valence-electron chi connectivity index (χ4n) is 4.82. The molecule has 0 fully saturated rings. The van der Waals surface area contributed by atoms with Gasteiger partial charge in [-0.05, 0) is 59.9 Å². The molecule has 0 saturated carbocycles. The standard InChI is InChI=1S/C32H40NOPSi/c1-6-21-36(4,5)22-13-14-26-19-20-29(32-33-30(24-34-32)25(2)3)31(23-26)35(27-15-9-7-10-16-27)28-17-11-8-12-18-28/h6-12,15-20,23,25,30H,1,13-14,21-22,24H2,2-5H3/t30-/m1/s1. The van der Waals surface area contributed by atoms with Gasteiger partial charge in [-0.3, -0.25) is 0 Å². The van der Waals surface area contributed by atoms with Gasteiger partial charge < -0.3 is 4.74 Å². The first-order valence-corrected chi connectivity index (χ1v) is 18.0. The van der Waals surface area contributed by atoms with Crippen molar-refractivity contribution < 1.29 is 4.74 Å². The Labute approximate surface area is 220 Å². The third kappa shape index (κ3) is 6.63. The van der Waals surface area contributed by atoms with Gasteiger partial charge in [0.15, 0.2) is 0 Å². The van der Waals surface area contributed by atoms with Gasteiger partial charge in [0, 0.05) is 5.56 Å². The monoisotopic (exact) mass is 513 g/mol. The molecule has 3 aromatic rings. The van der Waals surface area contributed by atoms with Crippen molar-refractivity contribution in [1.82, 2.24) is 0 Å². The van der Waals surface area contributed by atoms with Crippen LogP contribution in [0.15, 0.2) is 96.5 Å². The predicted octanol–water partition coefficient (Wildman–Crippen LogP) is 7.07. The van der Waals surface area contributed by atoms with E-state index < -0.39 is 16.0 Å². The van der Waals surface area contributed by atoms with Crippen molar-refractivity contribution in [1.29, 1.82) is 0 Å². The second-order valence-electron chi connectivity index (χ2n) is 10.9. The normalized spacial score (nSPS) is 15.7. The minimum absolute atomic E-state index is 0.226. The van der Waals surface area contributed by atoms with Gasteiger partial charge >= 0.3 is 0 Å². The number of rotatable bonds is 11. The van der Waals surface area contributed by atoms with Crippen molar-refractivity contribution in [2.24, 2.45) is 10.9 Å². The van der Waals surface area contributed by atoms with E-state index in [1.807, 2.05) is 0 Å². The molecule has 36 heavy (non-hydrogen) atoms. The van der Waals surface area contributed by atoms with Crippen LogP contribution in [0.5, 0.6) is 0 Å². The smallest absolute Gasteiger partial charge is 0.217 e. The van der Waals surface area contributed by atoms with Crippen molar-refractivity contribution in [3.05, 3.63) is 103 Å². The molecular formula is C32H40NOPSi. The number of nitrogens with zero attached hydrogens (tertiary/aromatic N) is 1.